The summed E-state index contributed by atoms with van der Waals surface area (Å²) in [5, 5.41) is 8.82. The Morgan fingerprint density at radius 3 is 2.71 bits per heavy atom. The Morgan fingerprint density at radius 1 is 1.57 bits per heavy atom. The van der Waals surface area contributed by atoms with Crippen LogP contribution in [0.3, 0.4) is 0 Å². The number of benzene rings is 1. The fraction of sp³-hybridized carbons (Fsp3) is 0.200. The SMILES string of the molecule is COC(=O)c1c(C#N)ccc(I)c1C. The number of rotatable bonds is 1. The summed E-state index contributed by atoms with van der Waals surface area (Å²) < 4.78 is 5.57. The number of methoxy groups -OCH3 is 1. The van der Waals surface area contributed by atoms with Crippen LogP contribution in [0, 0.1) is 21.8 Å². The number of ether oxygens (including phenoxy) is 1. The van der Waals surface area contributed by atoms with Crippen molar-refractivity contribution < 1.29 is 9.53 Å². The Hall–Kier alpha value is -1.09. The van der Waals surface area contributed by atoms with Crippen LogP contribution in [0.2, 0.25) is 0 Å². The first-order valence-electron chi connectivity index (χ1n) is 3.89. The molecule has 1 aromatic rings. The minimum Gasteiger partial charge on any atom is -0.465 e. The van der Waals surface area contributed by atoms with Gasteiger partial charge in [-0.25, -0.2) is 4.79 Å². The van der Waals surface area contributed by atoms with E-state index >= 15 is 0 Å². The summed E-state index contributed by atoms with van der Waals surface area (Å²) in [6, 6.07) is 5.41. The van der Waals surface area contributed by atoms with E-state index in [2.05, 4.69) is 27.3 Å². The van der Waals surface area contributed by atoms with Gasteiger partial charge in [-0.1, -0.05) is 0 Å². The standard InChI is InChI=1S/C10H8INO2/c1-6-8(11)4-3-7(5-12)9(6)10(13)14-2/h3-4H,1-2H3. The molecular weight excluding hydrogens is 293 g/mol. The maximum Gasteiger partial charge on any atom is 0.339 e. The molecule has 14 heavy (non-hydrogen) atoms. The lowest BCUT2D eigenvalue weighted by atomic mass is 10.0. The lowest BCUT2D eigenvalue weighted by molar-refractivity contribution is 0.0599. The zero-order valence-corrected chi connectivity index (χ0v) is 9.95. The number of nitrogens with zero attached hydrogens (tertiary/aromatic N) is 1. The quantitative estimate of drug-likeness (QED) is 0.590. The summed E-state index contributed by atoms with van der Waals surface area (Å²) in [6.07, 6.45) is 0. The molecule has 0 fully saturated rings. The molecule has 0 spiro atoms. The molecule has 0 aromatic heterocycles. The molecule has 3 nitrogen and oxygen atoms in total. The van der Waals surface area contributed by atoms with Gasteiger partial charge in [0.2, 0.25) is 0 Å². The number of carbonyl (C=O) groups is 1. The normalized spacial score (nSPS) is 9.29. The number of halogens is 1. The van der Waals surface area contributed by atoms with Crippen LogP contribution in [-0.4, -0.2) is 13.1 Å². The van der Waals surface area contributed by atoms with E-state index in [1.54, 1.807) is 19.1 Å². The van der Waals surface area contributed by atoms with Gasteiger partial charge in [-0.3, -0.25) is 0 Å². The average Bonchev–Trinajstić information content (AvgIpc) is 2.20. The van der Waals surface area contributed by atoms with E-state index in [1.165, 1.54) is 7.11 Å². The van der Waals surface area contributed by atoms with Crippen LogP contribution < -0.4 is 0 Å². The third-order valence-electron chi connectivity index (χ3n) is 1.91. The Kier molecular flexibility index (Phi) is 3.47. The van der Waals surface area contributed by atoms with Crippen molar-refractivity contribution in [2.24, 2.45) is 0 Å². The van der Waals surface area contributed by atoms with Crippen molar-refractivity contribution >= 4 is 28.6 Å². The van der Waals surface area contributed by atoms with Gasteiger partial charge in [-0.2, -0.15) is 5.26 Å². The van der Waals surface area contributed by atoms with Gasteiger partial charge in [0.25, 0.3) is 0 Å². The predicted molar refractivity (Wildman–Crippen MR) is 60.0 cm³/mol. The van der Waals surface area contributed by atoms with Crippen molar-refractivity contribution in [1.29, 1.82) is 5.26 Å². The molecule has 0 unspecified atom stereocenters. The fourth-order valence-electron chi connectivity index (χ4n) is 1.14. The molecule has 0 heterocycles. The molecule has 1 aromatic carbocycles. The van der Waals surface area contributed by atoms with Crippen LogP contribution in [-0.2, 0) is 4.74 Å². The second-order valence-corrected chi connectivity index (χ2v) is 3.86. The first-order chi connectivity index (χ1) is 6.61. The molecule has 0 aliphatic carbocycles. The summed E-state index contributed by atoms with van der Waals surface area (Å²) in [4.78, 5) is 11.4. The minimum atomic E-state index is -0.461. The molecular formula is C10H8INO2. The van der Waals surface area contributed by atoms with Gasteiger partial charge in [-0.15, -0.1) is 0 Å². The number of carbonyl (C=O) groups excluding carboxylic acids is 1. The number of nitriles is 1. The van der Waals surface area contributed by atoms with Gasteiger partial charge in [-0.05, 0) is 47.2 Å². The molecule has 0 radical (unpaired) electrons. The van der Waals surface area contributed by atoms with E-state index < -0.39 is 5.97 Å². The third-order valence-corrected chi connectivity index (χ3v) is 3.08. The van der Waals surface area contributed by atoms with E-state index in [0.717, 1.165) is 9.13 Å². The van der Waals surface area contributed by atoms with Crippen LogP contribution >= 0.6 is 22.6 Å². The van der Waals surface area contributed by atoms with E-state index in [9.17, 15) is 4.79 Å². The van der Waals surface area contributed by atoms with Crippen molar-refractivity contribution in [3.05, 3.63) is 32.4 Å². The van der Waals surface area contributed by atoms with E-state index in [0.29, 0.717) is 11.1 Å². The van der Waals surface area contributed by atoms with Gasteiger partial charge in [0.15, 0.2) is 0 Å². The average molecular weight is 301 g/mol. The summed E-state index contributed by atoms with van der Waals surface area (Å²) in [5.41, 5.74) is 1.51. The molecule has 0 N–H and O–H groups in total. The first kappa shape index (κ1) is 11.0. The monoisotopic (exact) mass is 301 g/mol. The van der Waals surface area contributed by atoms with Crippen LogP contribution in [0.4, 0.5) is 0 Å². The number of hydrogen-bond acceptors (Lipinski definition) is 3. The first-order valence-corrected chi connectivity index (χ1v) is 4.97. The summed E-state index contributed by atoms with van der Waals surface area (Å²) >= 11 is 2.12. The van der Waals surface area contributed by atoms with E-state index in [-0.39, 0.29) is 0 Å². The lowest BCUT2D eigenvalue weighted by Gasteiger charge is -2.07. The molecule has 0 saturated carbocycles. The summed E-state index contributed by atoms with van der Waals surface area (Å²) in [5.74, 6) is -0.461. The Morgan fingerprint density at radius 2 is 2.21 bits per heavy atom. The van der Waals surface area contributed by atoms with Gasteiger partial charge in [0.05, 0.1) is 18.2 Å². The highest BCUT2D eigenvalue weighted by atomic mass is 127. The van der Waals surface area contributed by atoms with Gasteiger partial charge >= 0.3 is 5.97 Å². The van der Waals surface area contributed by atoms with Crippen LogP contribution in [0.5, 0.6) is 0 Å². The maximum atomic E-state index is 11.4. The second kappa shape index (κ2) is 4.42. The predicted octanol–water partition coefficient (Wildman–Crippen LogP) is 2.26. The molecule has 0 aliphatic rings. The topological polar surface area (TPSA) is 50.1 Å². The van der Waals surface area contributed by atoms with Gasteiger partial charge < -0.3 is 4.74 Å². The molecule has 0 saturated heterocycles. The molecule has 1 rings (SSSR count). The fourth-order valence-corrected chi connectivity index (χ4v) is 1.59. The van der Waals surface area contributed by atoms with Crippen molar-refractivity contribution in [3.63, 3.8) is 0 Å². The van der Waals surface area contributed by atoms with Gasteiger partial charge in [0.1, 0.15) is 6.07 Å². The molecule has 4 heteroatoms. The highest BCUT2D eigenvalue weighted by Gasteiger charge is 2.16. The Labute approximate surface area is 95.8 Å². The zero-order valence-electron chi connectivity index (χ0n) is 7.80. The summed E-state index contributed by atoms with van der Waals surface area (Å²) in [7, 11) is 1.31. The highest BCUT2D eigenvalue weighted by molar-refractivity contribution is 14.1. The molecule has 0 atom stereocenters. The zero-order chi connectivity index (χ0) is 10.7. The minimum absolute atomic E-state index is 0.356. The van der Waals surface area contributed by atoms with Crippen molar-refractivity contribution in [3.8, 4) is 6.07 Å². The molecule has 72 valence electrons. The van der Waals surface area contributed by atoms with Crippen LogP contribution in [0.25, 0.3) is 0 Å². The van der Waals surface area contributed by atoms with Crippen molar-refractivity contribution in [2.75, 3.05) is 7.11 Å². The van der Waals surface area contributed by atoms with Gasteiger partial charge in [0, 0.05) is 3.57 Å². The molecule has 0 bridgehead atoms. The van der Waals surface area contributed by atoms with E-state index in [1.807, 2.05) is 6.07 Å². The second-order valence-electron chi connectivity index (χ2n) is 2.70. The Bertz CT molecular complexity index is 421. The van der Waals surface area contributed by atoms with Crippen molar-refractivity contribution in [2.45, 2.75) is 6.92 Å². The molecule has 0 aliphatic heterocycles. The molecule has 0 amide bonds. The Balaban J connectivity index is 3.45. The lowest BCUT2D eigenvalue weighted by Crippen LogP contribution is -2.07. The highest BCUT2D eigenvalue weighted by Crippen LogP contribution is 2.20. The smallest absolute Gasteiger partial charge is 0.339 e. The van der Waals surface area contributed by atoms with Crippen molar-refractivity contribution in [1.82, 2.24) is 0 Å². The maximum absolute atomic E-state index is 11.4. The largest absolute Gasteiger partial charge is 0.465 e. The van der Waals surface area contributed by atoms with Crippen LogP contribution in [0.1, 0.15) is 21.5 Å². The van der Waals surface area contributed by atoms with E-state index in [4.69, 9.17) is 5.26 Å². The third kappa shape index (κ3) is 1.87. The number of esters is 1. The number of hydrogen-bond donors (Lipinski definition) is 0. The van der Waals surface area contributed by atoms with Crippen LogP contribution in [0.15, 0.2) is 12.1 Å². The summed E-state index contributed by atoms with van der Waals surface area (Å²) in [6.45, 7) is 1.80.